The van der Waals surface area contributed by atoms with Crippen molar-refractivity contribution < 1.29 is 9.90 Å². The number of aliphatic hydroxyl groups is 1. The third-order valence-corrected chi connectivity index (χ3v) is 4.54. The molecule has 1 aliphatic carbocycles. The minimum atomic E-state index is -0.687. The van der Waals surface area contributed by atoms with E-state index in [4.69, 9.17) is 0 Å². The molecule has 0 spiro atoms. The smallest absolute Gasteiger partial charge is 0.233 e. The first-order valence-electron chi connectivity index (χ1n) is 7.02. The Hall–Kier alpha value is -1.35. The number of rotatable bonds is 2. The molecule has 1 amide bonds. The van der Waals surface area contributed by atoms with Gasteiger partial charge in [0, 0.05) is 0 Å². The van der Waals surface area contributed by atoms with Crippen LogP contribution < -0.4 is 0 Å². The number of benzene rings is 1. The highest BCUT2D eigenvalue weighted by molar-refractivity contribution is 5.90. The van der Waals surface area contributed by atoms with Gasteiger partial charge in [0.15, 0.2) is 0 Å². The predicted molar refractivity (Wildman–Crippen MR) is 73.9 cm³/mol. The first kappa shape index (κ1) is 12.7. The highest BCUT2D eigenvalue weighted by Gasteiger charge is 2.51. The van der Waals surface area contributed by atoms with Crippen LogP contribution in [0, 0.1) is 6.92 Å². The van der Waals surface area contributed by atoms with Gasteiger partial charge in [-0.25, -0.2) is 0 Å². The lowest BCUT2D eigenvalue weighted by Crippen LogP contribution is -2.66. The van der Waals surface area contributed by atoms with Crippen molar-refractivity contribution in [1.29, 1.82) is 0 Å². The highest BCUT2D eigenvalue weighted by Crippen LogP contribution is 2.46. The van der Waals surface area contributed by atoms with Crippen LogP contribution in [-0.2, 0) is 10.2 Å². The molecular formula is C16H21NO2. The van der Waals surface area contributed by atoms with Gasteiger partial charge in [0.2, 0.25) is 5.91 Å². The monoisotopic (exact) mass is 259 g/mol. The van der Waals surface area contributed by atoms with Gasteiger partial charge in [-0.3, -0.25) is 4.79 Å². The maximum Gasteiger partial charge on any atom is 0.233 e. The van der Waals surface area contributed by atoms with Gasteiger partial charge in [0.25, 0.3) is 0 Å². The highest BCUT2D eigenvalue weighted by atomic mass is 16.3. The number of nitrogens with zero attached hydrogens (tertiary/aromatic N) is 1. The summed E-state index contributed by atoms with van der Waals surface area (Å²) in [7, 11) is 0. The van der Waals surface area contributed by atoms with E-state index in [0.29, 0.717) is 13.1 Å². The Labute approximate surface area is 114 Å². The van der Waals surface area contributed by atoms with Crippen LogP contribution >= 0.6 is 0 Å². The van der Waals surface area contributed by atoms with Crippen LogP contribution in [0.1, 0.15) is 37.3 Å². The van der Waals surface area contributed by atoms with E-state index in [1.807, 2.05) is 11.0 Å². The summed E-state index contributed by atoms with van der Waals surface area (Å²) < 4.78 is 0. The van der Waals surface area contributed by atoms with E-state index in [2.05, 4.69) is 25.1 Å². The average Bonchev–Trinajstić information content (AvgIpc) is 2.24. The van der Waals surface area contributed by atoms with Crippen LogP contribution in [0.4, 0.5) is 0 Å². The summed E-state index contributed by atoms with van der Waals surface area (Å²) in [5.74, 6) is 0.205. The number of carbonyl (C=O) groups excluding carboxylic acids is 1. The SMILES string of the molecule is Cc1cccc(C2(C(=O)N3CC(C)(O)C3)CCC2)c1. The van der Waals surface area contributed by atoms with E-state index in [-0.39, 0.29) is 11.3 Å². The molecule has 102 valence electrons. The van der Waals surface area contributed by atoms with Crippen molar-refractivity contribution in [3.63, 3.8) is 0 Å². The third kappa shape index (κ3) is 1.96. The van der Waals surface area contributed by atoms with Crippen LogP contribution in [0.5, 0.6) is 0 Å². The van der Waals surface area contributed by atoms with Crippen molar-refractivity contribution >= 4 is 5.91 Å². The van der Waals surface area contributed by atoms with Gasteiger partial charge in [-0.15, -0.1) is 0 Å². The minimum Gasteiger partial charge on any atom is -0.386 e. The molecule has 1 aromatic rings. The largest absolute Gasteiger partial charge is 0.386 e. The summed E-state index contributed by atoms with van der Waals surface area (Å²) in [4.78, 5) is 14.6. The summed E-state index contributed by atoms with van der Waals surface area (Å²) >= 11 is 0. The first-order chi connectivity index (χ1) is 8.93. The molecule has 2 fully saturated rings. The fourth-order valence-electron chi connectivity index (χ4n) is 3.32. The molecule has 19 heavy (non-hydrogen) atoms. The van der Waals surface area contributed by atoms with Crippen LogP contribution in [0.3, 0.4) is 0 Å². The van der Waals surface area contributed by atoms with Gasteiger partial charge in [0.1, 0.15) is 0 Å². The molecular weight excluding hydrogens is 238 g/mol. The Morgan fingerprint density at radius 1 is 1.32 bits per heavy atom. The van der Waals surface area contributed by atoms with Crippen LogP contribution in [0.15, 0.2) is 24.3 Å². The van der Waals surface area contributed by atoms with Crippen molar-refractivity contribution in [3.8, 4) is 0 Å². The van der Waals surface area contributed by atoms with E-state index < -0.39 is 5.60 Å². The molecule has 0 atom stereocenters. The number of β-amino-alcohol motifs (C(OH)–C–C–N with tert-alkyl or cyclic N) is 1. The van der Waals surface area contributed by atoms with Crippen molar-refractivity contribution in [2.45, 2.75) is 44.1 Å². The van der Waals surface area contributed by atoms with Crippen LogP contribution in [0.25, 0.3) is 0 Å². The van der Waals surface area contributed by atoms with Crippen LogP contribution in [0.2, 0.25) is 0 Å². The predicted octanol–water partition coefficient (Wildman–Crippen LogP) is 2.01. The van der Waals surface area contributed by atoms with E-state index in [1.54, 1.807) is 6.92 Å². The van der Waals surface area contributed by atoms with E-state index >= 15 is 0 Å². The molecule has 3 heteroatoms. The fourth-order valence-corrected chi connectivity index (χ4v) is 3.32. The van der Waals surface area contributed by atoms with E-state index in [9.17, 15) is 9.90 Å². The van der Waals surface area contributed by atoms with Crippen molar-refractivity contribution in [1.82, 2.24) is 4.90 Å². The van der Waals surface area contributed by atoms with Gasteiger partial charge in [-0.1, -0.05) is 36.2 Å². The second-order valence-electron chi connectivity index (χ2n) is 6.46. The number of amides is 1. The lowest BCUT2D eigenvalue weighted by Gasteiger charge is -2.51. The molecule has 1 saturated carbocycles. The normalized spacial score (nSPS) is 23.4. The number of likely N-dealkylation sites (tertiary alicyclic amines) is 1. The topological polar surface area (TPSA) is 40.5 Å². The van der Waals surface area contributed by atoms with Crippen LogP contribution in [-0.4, -0.2) is 34.6 Å². The molecule has 3 rings (SSSR count). The minimum absolute atomic E-state index is 0.205. The quantitative estimate of drug-likeness (QED) is 0.882. The van der Waals surface area contributed by atoms with Gasteiger partial charge in [-0.2, -0.15) is 0 Å². The Balaban J connectivity index is 1.86. The lowest BCUT2D eigenvalue weighted by atomic mass is 9.63. The second-order valence-corrected chi connectivity index (χ2v) is 6.46. The van der Waals surface area contributed by atoms with Gasteiger partial charge < -0.3 is 10.0 Å². The summed E-state index contributed by atoms with van der Waals surface area (Å²) in [6.07, 6.45) is 2.99. The molecule has 1 N–H and O–H groups in total. The first-order valence-corrected chi connectivity index (χ1v) is 7.02. The van der Waals surface area contributed by atoms with Crippen molar-refractivity contribution in [3.05, 3.63) is 35.4 Å². The summed E-state index contributed by atoms with van der Waals surface area (Å²) in [6.45, 7) is 4.80. The van der Waals surface area contributed by atoms with E-state index in [0.717, 1.165) is 24.8 Å². The molecule has 1 heterocycles. The standard InChI is InChI=1S/C16H21NO2/c1-12-5-3-6-13(9-12)16(7-4-8-16)14(18)17-10-15(2,19)11-17/h3,5-6,9,19H,4,7-8,10-11H2,1-2H3. The lowest BCUT2D eigenvalue weighted by molar-refractivity contribution is -0.161. The molecule has 1 aliphatic heterocycles. The molecule has 1 saturated heterocycles. The van der Waals surface area contributed by atoms with Gasteiger partial charge in [0.05, 0.1) is 24.1 Å². The number of carbonyl (C=O) groups is 1. The molecule has 0 unspecified atom stereocenters. The Bertz CT molecular complexity index is 509. The number of aryl methyl sites for hydroxylation is 1. The Morgan fingerprint density at radius 2 is 2.00 bits per heavy atom. The molecule has 2 aliphatic rings. The molecule has 1 aromatic carbocycles. The fraction of sp³-hybridized carbons (Fsp3) is 0.562. The van der Waals surface area contributed by atoms with Crippen molar-refractivity contribution in [2.24, 2.45) is 0 Å². The Morgan fingerprint density at radius 3 is 2.47 bits per heavy atom. The summed E-state index contributed by atoms with van der Waals surface area (Å²) in [5, 5.41) is 9.81. The van der Waals surface area contributed by atoms with Gasteiger partial charge in [-0.05, 0) is 32.3 Å². The van der Waals surface area contributed by atoms with Crippen molar-refractivity contribution in [2.75, 3.05) is 13.1 Å². The van der Waals surface area contributed by atoms with Gasteiger partial charge >= 0.3 is 0 Å². The third-order valence-electron chi connectivity index (χ3n) is 4.54. The zero-order valence-corrected chi connectivity index (χ0v) is 11.6. The number of hydrogen-bond donors (Lipinski definition) is 1. The molecule has 0 bridgehead atoms. The number of hydrogen-bond acceptors (Lipinski definition) is 2. The maximum atomic E-state index is 12.7. The molecule has 0 radical (unpaired) electrons. The second kappa shape index (κ2) is 4.07. The summed E-state index contributed by atoms with van der Waals surface area (Å²) in [6, 6.07) is 8.30. The zero-order chi connectivity index (χ0) is 13.7. The molecule has 0 aromatic heterocycles. The van der Waals surface area contributed by atoms with E-state index in [1.165, 1.54) is 5.56 Å². The summed E-state index contributed by atoms with van der Waals surface area (Å²) in [5.41, 5.74) is 1.35. The maximum absolute atomic E-state index is 12.7. The zero-order valence-electron chi connectivity index (χ0n) is 11.6. The average molecular weight is 259 g/mol. The molecule has 3 nitrogen and oxygen atoms in total. The Kier molecular flexibility index (Phi) is 2.72.